The second kappa shape index (κ2) is 2.96. The molecule has 2 nitrogen and oxygen atoms in total. The number of likely N-dealkylation sites (tertiary alicyclic amines) is 1. The van der Waals surface area contributed by atoms with Crippen molar-refractivity contribution in [3.05, 3.63) is 0 Å². The Morgan fingerprint density at radius 1 is 1.54 bits per heavy atom. The highest BCUT2D eigenvalue weighted by molar-refractivity contribution is 5.03. The summed E-state index contributed by atoms with van der Waals surface area (Å²) >= 11 is 0. The van der Waals surface area contributed by atoms with Gasteiger partial charge in [-0.05, 0) is 31.1 Å². The highest BCUT2D eigenvalue weighted by atomic mass is 15.3. The monoisotopic (exact) mass is 182 g/mol. The maximum Gasteiger partial charge on any atom is 0.0233 e. The molecule has 0 radical (unpaired) electrons. The van der Waals surface area contributed by atoms with Gasteiger partial charge in [-0.1, -0.05) is 13.8 Å². The predicted molar refractivity (Wildman–Crippen MR) is 55.5 cm³/mol. The third kappa shape index (κ3) is 1.50. The highest BCUT2D eigenvalue weighted by Gasteiger charge is 2.51. The molecule has 2 rings (SSSR count). The van der Waals surface area contributed by atoms with Crippen molar-refractivity contribution >= 4 is 0 Å². The summed E-state index contributed by atoms with van der Waals surface area (Å²) in [7, 11) is 0. The van der Waals surface area contributed by atoms with Gasteiger partial charge in [0.25, 0.3) is 0 Å². The molecular weight excluding hydrogens is 160 g/mol. The van der Waals surface area contributed by atoms with Crippen LogP contribution in [0.3, 0.4) is 0 Å². The van der Waals surface area contributed by atoms with Crippen LogP contribution in [0.2, 0.25) is 0 Å². The summed E-state index contributed by atoms with van der Waals surface area (Å²) in [6.45, 7) is 9.26. The molecule has 0 spiro atoms. The standard InChI is InChI=1S/C11H22N2/c1-8(10-6-11(10,2)3)13-5-4-9(13)7-12/h8-10H,4-7,12H2,1-3H3. The number of hydrogen-bond acceptors (Lipinski definition) is 2. The lowest BCUT2D eigenvalue weighted by Gasteiger charge is -2.45. The van der Waals surface area contributed by atoms with Gasteiger partial charge in [-0.25, -0.2) is 0 Å². The molecule has 1 aliphatic carbocycles. The van der Waals surface area contributed by atoms with Crippen LogP contribution >= 0.6 is 0 Å². The van der Waals surface area contributed by atoms with E-state index in [0.29, 0.717) is 11.5 Å². The van der Waals surface area contributed by atoms with E-state index >= 15 is 0 Å². The van der Waals surface area contributed by atoms with Crippen LogP contribution in [-0.4, -0.2) is 30.1 Å². The molecule has 0 aromatic carbocycles. The van der Waals surface area contributed by atoms with Crippen molar-refractivity contribution in [3.8, 4) is 0 Å². The van der Waals surface area contributed by atoms with Gasteiger partial charge >= 0.3 is 0 Å². The van der Waals surface area contributed by atoms with Crippen LogP contribution in [0.5, 0.6) is 0 Å². The summed E-state index contributed by atoms with van der Waals surface area (Å²) in [4.78, 5) is 2.60. The molecule has 0 amide bonds. The Labute approximate surface area is 81.5 Å². The van der Waals surface area contributed by atoms with Crippen molar-refractivity contribution in [2.24, 2.45) is 17.1 Å². The number of nitrogens with zero attached hydrogens (tertiary/aromatic N) is 1. The second-order valence-corrected chi connectivity index (χ2v) is 5.46. The van der Waals surface area contributed by atoms with E-state index < -0.39 is 0 Å². The summed E-state index contributed by atoms with van der Waals surface area (Å²) in [6.07, 6.45) is 2.72. The first-order chi connectivity index (χ1) is 6.06. The summed E-state index contributed by atoms with van der Waals surface area (Å²) in [5.41, 5.74) is 6.31. The van der Waals surface area contributed by atoms with Crippen molar-refractivity contribution in [3.63, 3.8) is 0 Å². The van der Waals surface area contributed by atoms with Crippen molar-refractivity contribution in [2.75, 3.05) is 13.1 Å². The van der Waals surface area contributed by atoms with Crippen molar-refractivity contribution in [2.45, 2.75) is 45.7 Å². The van der Waals surface area contributed by atoms with Gasteiger partial charge in [0.2, 0.25) is 0 Å². The first kappa shape index (κ1) is 9.47. The average molecular weight is 182 g/mol. The predicted octanol–water partition coefficient (Wildman–Crippen LogP) is 1.45. The Morgan fingerprint density at radius 3 is 2.46 bits per heavy atom. The Bertz CT molecular complexity index is 198. The minimum Gasteiger partial charge on any atom is -0.329 e. The largest absolute Gasteiger partial charge is 0.329 e. The smallest absolute Gasteiger partial charge is 0.0233 e. The Kier molecular flexibility index (Phi) is 2.16. The fourth-order valence-corrected chi connectivity index (χ4v) is 2.81. The van der Waals surface area contributed by atoms with Crippen LogP contribution in [0.1, 0.15) is 33.6 Å². The van der Waals surface area contributed by atoms with E-state index in [4.69, 9.17) is 5.73 Å². The van der Waals surface area contributed by atoms with Crippen LogP contribution < -0.4 is 5.73 Å². The lowest BCUT2D eigenvalue weighted by Crippen LogP contribution is -2.56. The number of hydrogen-bond donors (Lipinski definition) is 1. The topological polar surface area (TPSA) is 29.3 Å². The van der Waals surface area contributed by atoms with Crippen LogP contribution in [0.25, 0.3) is 0 Å². The van der Waals surface area contributed by atoms with Crippen molar-refractivity contribution in [1.82, 2.24) is 4.90 Å². The van der Waals surface area contributed by atoms with E-state index in [0.717, 1.165) is 18.5 Å². The first-order valence-electron chi connectivity index (χ1n) is 5.52. The molecule has 2 fully saturated rings. The van der Waals surface area contributed by atoms with E-state index in [1.165, 1.54) is 19.4 Å². The molecule has 3 unspecified atom stereocenters. The Morgan fingerprint density at radius 2 is 2.15 bits per heavy atom. The van der Waals surface area contributed by atoms with Gasteiger partial charge in [0.1, 0.15) is 0 Å². The molecule has 2 aliphatic rings. The van der Waals surface area contributed by atoms with E-state index in [9.17, 15) is 0 Å². The molecular formula is C11H22N2. The van der Waals surface area contributed by atoms with Crippen molar-refractivity contribution < 1.29 is 0 Å². The summed E-state index contributed by atoms with van der Waals surface area (Å²) in [5.74, 6) is 0.918. The van der Waals surface area contributed by atoms with Gasteiger partial charge in [0.05, 0.1) is 0 Å². The normalized spacial score (nSPS) is 39.7. The fourth-order valence-electron chi connectivity index (χ4n) is 2.81. The zero-order valence-electron chi connectivity index (χ0n) is 9.09. The molecule has 76 valence electrons. The molecule has 0 aromatic heterocycles. The molecule has 1 saturated heterocycles. The highest BCUT2D eigenvalue weighted by Crippen LogP contribution is 2.55. The zero-order valence-corrected chi connectivity index (χ0v) is 9.09. The third-order valence-electron chi connectivity index (χ3n) is 4.16. The van der Waals surface area contributed by atoms with Crippen molar-refractivity contribution in [1.29, 1.82) is 0 Å². The second-order valence-electron chi connectivity index (χ2n) is 5.46. The Hall–Kier alpha value is -0.0800. The molecule has 2 N–H and O–H groups in total. The van der Waals surface area contributed by atoms with E-state index in [2.05, 4.69) is 25.7 Å². The maximum atomic E-state index is 5.71. The Balaban J connectivity index is 1.88. The zero-order chi connectivity index (χ0) is 9.64. The maximum absolute atomic E-state index is 5.71. The minimum atomic E-state index is 0.605. The van der Waals surface area contributed by atoms with Gasteiger partial charge in [-0.2, -0.15) is 0 Å². The average Bonchev–Trinajstić information content (AvgIpc) is 2.58. The molecule has 2 heteroatoms. The third-order valence-corrected chi connectivity index (χ3v) is 4.16. The molecule has 1 aliphatic heterocycles. The summed E-state index contributed by atoms with van der Waals surface area (Å²) < 4.78 is 0. The SMILES string of the molecule is CC(C1CC1(C)C)N1CCC1CN. The quantitative estimate of drug-likeness (QED) is 0.716. The molecule has 0 bridgehead atoms. The molecule has 1 saturated carbocycles. The van der Waals surface area contributed by atoms with Gasteiger partial charge in [0.15, 0.2) is 0 Å². The number of rotatable bonds is 3. The lowest BCUT2D eigenvalue weighted by atomic mass is 9.95. The minimum absolute atomic E-state index is 0.605. The van der Waals surface area contributed by atoms with Crippen LogP contribution in [-0.2, 0) is 0 Å². The van der Waals surface area contributed by atoms with Crippen LogP contribution in [0.4, 0.5) is 0 Å². The van der Waals surface area contributed by atoms with Gasteiger partial charge in [-0.3, -0.25) is 4.90 Å². The summed E-state index contributed by atoms with van der Waals surface area (Å²) in [5, 5.41) is 0. The van der Waals surface area contributed by atoms with Gasteiger partial charge in [-0.15, -0.1) is 0 Å². The van der Waals surface area contributed by atoms with E-state index in [1.54, 1.807) is 0 Å². The van der Waals surface area contributed by atoms with Crippen LogP contribution in [0, 0.1) is 11.3 Å². The number of nitrogens with two attached hydrogens (primary N) is 1. The van der Waals surface area contributed by atoms with E-state index in [1.807, 2.05) is 0 Å². The molecule has 0 aromatic rings. The van der Waals surface area contributed by atoms with Gasteiger partial charge < -0.3 is 5.73 Å². The van der Waals surface area contributed by atoms with Crippen LogP contribution in [0.15, 0.2) is 0 Å². The van der Waals surface area contributed by atoms with Gasteiger partial charge in [0, 0.05) is 25.2 Å². The summed E-state index contributed by atoms with van der Waals surface area (Å²) in [6, 6.07) is 1.45. The molecule has 1 heterocycles. The van der Waals surface area contributed by atoms with E-state index in [-0.39, 0.29) is 0 Å². The lowest BCUT2D eigenvalue weighted by molar-refractivity contribution is 0.0391. The first-order valence-corrected chi connectivity index (χ1v) is 5.52. The molecule has 3 atom stereocenters. The molecule has 13 heavy (non-hydrogen) atoms. The fraction of sp³-hybridized carbons (Fsp3) is 1.00.